The summed E-state index contributed by atoms with van der Waals surface area (Å²) in [4.78, 5) is 10.6. The zero-order chi connectivity index (χ0) is 11.4. The predicted molar refractivity (Wildman–Crippen MR) is 71.1 cm³/mol. The summed E-state index contributed by atoms with van der Waals surface area (Å²) in [7, 11) is 0. The molecule has 1 aromatic carbocycles. The molecule has 2 nitrogen and oxygen atoms in total. The third kappa shape index (κ3) is 3.14. The zero-order valence-corrected chi connectivity index (χ0v) is 11.3. The molecule has 16 heavy (non-hydrogen) atoms. The fourth-order valence-corrected chi connectivity index (χ4v) is 4.74. The van der Waals surface area contributed by atoms with Crippen molar-refractivity contribution in [3.8, 4) is 0 Å². The Balaban J connectivity index is 1.92. The maximum absolute atomic E-state index is 10.6. The zero-order valence-electron chi connectivity index (χ0n) is 8.81. The van der Waals surface area contributed by atoms with E-state index in [0.717, 1.165) is 12.2 Å². The number of primary amides is 1. The number of rotatable bonds is 5. The van der Waals surface area contributed by atoms with E-state index in [9.17, 15) is 4.79 Å². The molecule has 0 unspecified atom stereocenters. The first-order valence-corrected chi connectivity index (χ1v) is 7.96. The minimum atomic E-state index is -0.223. The van der Waals surface area contributed by atoms with Crippen LogP contribution in [0.4, 0.5) is 0 Å². The number of thioether (sulfide) groups is 1. The SMILES string of the molecule is NC(=O)CSCCc1cc2ccccc2[se]1. The molecule has 0 atom stereocenters. The van der Waals surface area contributed by atoms with Crippen LogP contribution in [0.2, 0.25) is 0 Å². The Kier molecular flexibility index (Phi) is 4.10. The van der Waals surface area contributed by atoms with Crippen LogP contribution in [0.15, 0.2) is 30.3 Å². The van der Waals surface area contributed by atoms with Crippen molar-refractivity contribution < 1.29 is 4.79 Å². The minimum absolute atomic E-state index is 0.223. The molecular weight excluding hydrogens is 285 g/mol. The van der Waals surface area contributed by atoms with Gasteiger partial charge < -0.3 is 0 Å². The van der Waals surface area contributed by atoms with E-state index < -0.39 is 0 Å². The van der Waals surface area contributed by atoms with Gasteiger partial charge in [-0.15, -0.1) is 0 Å². The van der Waals surface area contributed by atoms with E-state index >= 15 is 0 Å². The van der Waals surface area contributed by atoms with Gasteiger partial charge in [0.2, 0.25) is 0 Å². The maximum atomic E-state index is 10.6. The topological polar surface area (TPSA) is 43.1 Å². The molecule has 0 radical (unpaired) electrons. The van der Waals surface area contributed by atoms with E-state index in [1.54, 1.807) is 11.8 Å². The summed E-state index contributed by atoms with van der Waals surface area (Å²) in [6.07, 6.45) is 1.08. The molecule has 0 aliphatic carbocycles. The van der Waals surface area contributed by atoms with Gasteiger partial charge >= 0.3 is 105 Å². The number of hydrogen-bond acceptors (Lipinski definition) is 2. The van der Waals surface area contributed by atoms with Crippen LogP contribution in [0.5, 0.6) is 0 Å². The molecular formula is C12H13NOSSe. The molecule has 0 fully saturated rings. The normalized spacial score (nSPS) is 10.8. The van der Waals surface area contributed by atoms with Crippen molar-refractivity contribution in [1.82, 2.24) is 0 Å². The predicted octanol–water partition coefficient (Wildman–Crippen LogP) is 1.66. The molecule has 0 saturated heterocycles. The van der Waals surface area contributed by atoms with Gasteiger partial charge in [0.25, 0.3) is 0 Å². The van der Waals surface area contributed by atoms with Crippen molar-refractivity contribution in [2.45, 2.75) is 6.42 Å². The fraction of sp³-hybridized carbons (Fsp3) is 0.250. The third-order valence-electron chi connectivity index (χ3n) is 2.21. The van der Waals surface area contributed by atoms with Crippen molar-refractivity contribution >= 4 is 41.8 Å². The van der Waals surface area contributed by atoms with E-state index in [2.05, 4.69) is 30.3 Å². The molecule has 0 aliphatic rings. The second kappa shape index (κ2) is 5.58. The van der Waals surface area contributed by atoms with E-state index in [1.807, 2.05) is 0 Å². The van der Waals surface area contributed by atoms with E-state index in [1.165, 1.54) is 14.1 Å². The Morgan fingerprint density at radius 2 is 2.19 bits per heavy atom. The van der Waals surface area contributed by atoms with Crippen LogP contribution >= 0.6 is 11.8 Å². The van der Waals surface area contributed by atoms with E-state index in [-0.39, 0.29) is 5.91 Å². The van der Waals surface area contributed by atoms with Crippen LogP contribution in [0.25, 0.3) is 9.65 Å². The number of nitrogens with two attached hydrogens (primary N) is 1. The molecule has 2 rings (SSSR count). The van der Waals surface area contributed by atoms with Gasteiger partial charge in [-0.3, -0.25) is 0 Å². The Bertz CT molecular complexity index is 461. The molecule has 0 aliphatic heterocycles. The van der Waals surface area contributed by atoms with Crippen LogP contribution in [0.3, 0.4) is 0 Å². The number of carbonyl (C=O) groups excluding carboxylic acids is 1. The monoisotopic (exact) mass is 299 g/mol. The molecule has 0 bridgehead atoms. The second-order valence-electron chi connectivity index (χ2n) is 3.52. The first-order chi connectivity index (χ1) is 7.75. The summed E-state index contributed by atoms with van der Waals surface area (Å²) in [5.74, 6) is 1.21. The van der Waals surface area contributed by atoms with Crippen LogP contribution in [0, 0.1) is 0 Å². The average molecular weight is 298 g/mol. The molecule has 1 amide bonds. The summed E-state index contributed by atoms with van der Waals surface area (Å²) in [5, 5.41) is 1.37. The first-order valence-electron chi connectivity index (χ1n) is 5.09. The summed E-state index contributed by atoms with van der Waals surface area (Å²) >= 11 is 2.11. The summed E-state index contributed by atoms with van der Waals surface area (Å²) in [6.45, 7) is 0. The molecule has 84 valence electrons. The first kappa shape index (κ1) is 11.8. The molecule has 1 heterocycles. The van der Waals surface area contributed by atoms with Crippen molar-refractivity contribution in [2.75, 3.05) is 11.5 Å². The standard InChI is InChI=1S/C12H13NOSSe/c13-12(14)8-15-6-5-10-7-9-3-1-2-4-11(9)16-10/h1-4,7H,5-6,8H2,(H2,13,14). The molecule has 1 aromatic heterocycles. The van der Waals surface area contributed by atoms with Crippen LogP contribution < -0.4 is 5.73 Å². The Morgan fingerprint density at radius 1 is 1.38 bits per heavy atom. The van der Waals surface area contributed by atoms with Gasteiger partial charge in [0.05, 0.1) is 0 Å². The molecule has 0 spiro atoms. The number of aryl methyl sites for hydroxylation is 1. The Labute approximate surface area is 105 Å². The number of hydrogen-bond donors (Lipinski definition) is 1. The molecule has 0 saturated carbocycles. The fourth-order valence-electron chi connectivity index (χ4n) is 1.51. The molecule has 2 aromatic rings. The van der Waals surface area contributed by atoms with E-state index in [4.69, 9.17) is 5.73 Å². The Morgan fingerprint density at radius 3 is 2.94 bits per heavy atom. The van der Waals surface area contributed by atoms with E-state index in [0.29, 0.717) is 20.3 Å². The molecule has 2 N–H and O–H groups in total. The molecule has 4 heteroatoms. The number of fused-ring (bicyclic) bond motifs is 1. The van der Waals surface area contributed by atoms with Crippen molar-refractivity contribution in [3.63, 3.8) is 0 Å². The van der Waals surface area contributed by atoms with Crippen molar-refractivity contribution in [3.05, 3.63) is 34.8 Å². The van der Waals surface area contributed by atoms with Gasteiger partial charge in [-0.25, -0.2) is 0 Å². The summed E-state index contributed by atoms with van der Waals surface area (Å²) in [6, 6.07) is 10.8. The number of carbonyl (C=O) groups is 1. The van der Waals surface area contributed by atoms with Gasteiger partial charge in [-0.2, -0.15) is 0 Å². The van der Waals surface area contributed by atoms with Crippen LogP contribution in [-0.4, -0.2) is 31.9 Å². The van der Waals surface area contributed by atoms with Crippen LogP contribution in [0.1, 0.15) is 4.44 Å². The van der Waals surface area contributed by atoms with Crippen LogP contribution in [-0.2, 0) is 11.2 Å². The van der Waals surface area contributed by atoms with Crippen molar-refractivity contribution in [2.24, 2.45) is 5.73 Å². The second-order valence-corrected chi connectivity index (χ2v) is 7.08. The number of benzene rings is 1. The number of amides is 1. The van der Waals surface area contributed by atoms with Crippen molar-refractivity contribution in [1.29, 1.82) is 0 Å². The quantitative estimate of drug-likeness (QED) is 0.674. The average Bonchev–Trinajstić information content (AvgIpc) is 2.66. The van der Waals surface area contributed by atoms with Gasteiger partial charge in [0, 0.05) is 0 Å². The third-order valence-corrected chi connectivity index (χ3v) is 5.66. The Hall–Kier alpha value is -0.701. The van der Waals surface area contributed by atoms with Gasteiger partial charge in [0.1, 0.15) is 0 Å². The summed E-state index contributed by atoms with van der Waals surface area (Å²) in [5.41, 5.74) is 5.09. The van der Waals surface area contributed by atoms with Gasteiger partial charge in [0.15, 0.2) is 0 Å². The summed E-state index contributed by atoms with van der Waals surface area (Å²) < 4.78 is 3.00. The van der Waals surface area contributed by atoms with Gasteiger partial charge in [-0.1, -0.05) is 0 Å². The van der Waals surface area contributed by atoms with Gasteiger partial charge in [-0.05, 0) is 0 Å².